The van der Waals surface area contributed by atoms with Crippen molar-refractivity contribution in [1.29, 1.82) is 0 Å². The average Bonchev–Trinajstić information content (AvgIpc) is 3.17. The fourth-order valence-electron chi connectivity index (χ4n) is 2.43. The highest BCUT2D eigenvalue weighted by atomic mass is 32.2. The second-order valence-corrected chi connectivity index (χ2v) is 5.89. The number of oxazole rings is 1. The van der Waals surface area contributed by atoms with Gasteiger partial charge in [0.2, 0.25) is 11.8 Å². The number of anilines is 1. The molecule has 3 aromatic rings. The van der Waals surface area contributed by atoms with E-state index in [1.165, 1.54) is 4.57 Å². The van der Waals surface area contributed by atoms with Crippen molar-refractivity contribution in [1.82, 2.24) is 9.72 Å². The van der Waals surface area contributed by atoms with Gasteiger partial charge >= 0.3 is 5.76 Å². The summed E-state index contributed by atoms with van der Waals surface area (Å²) in [6.45, 7) is -0.140. The van der Waals surface area contributed by atoms with E-state index in [9.17, 15) is 9.59 Å². The van der Waals surface area contributed by atoms with Crippen LogP contribution in [0.1, 0.15) is 11.3 Å². The van der Waals surface area contributed by atoms with Gasteiger partial charge < -0.3 is 8.94 Å². The number of para-hydroxylation sites is 2. The van der Waals surface area contributed by atoms with Gasteiger partial charge in [-0.2, -0.15) is 11.8 Å². The fraction of sp³-hybridized carbons (Fsp3) is 0.214. The van der Waals surface area contributed by atoms with Crippen LogP contribution in [-0.4, -0.2) is 15.6 Å². The molecule has 1 N–H and O–H groups in total. The van der Waals surface area contributed by atoms with Crippen LogP contribution in [0.2, 0.25) is 0 Å². The largest absolute Gasteiger partial charge is 0.420 e. The minimum Gasteiger partial charge on any atom is -0.408 e. The molecule has 0 saturated heterocycles. The van der Waals surface area contributed by atoms with Crippen molar-refractivity contribution in [3.05, 3.63) is 46.1 Å². The molecule has 3 heterocycles. The van der Waals surface area contributed by atoms with E-state index in [2.05, 4.69) is 10.5 Å². The van der Waals surface area contributed by atoms with Gasteiger partial charge in [0.25, 0.3) is 0 Å². The number of carbonyl (C=O) groups is 1. The molecule has 0 saturated carbocycles. The summed E-state index contributed by atoms with van der Waals surface area (Å²) in [5.74, 6) is 1.01. The lowest BCUT2D eigenvalue weighted by atomic mass is 10.3. The van der Waals surface area contributed by atoms with Crippen LogP contribution in [0.5, 0.6) is 0 Å². The van der Waals surface area contributed by atoms with Gasteiger partial charge in [0.05, 0.1) is 16.8 Å². The van der Waals surface area contributed by atoms with Gasteiger partial charge in [0.15, 0.2) is 5.58 Å². The summed E-state index contributed by atoms with van der Waals surface area (Å²) in [5.41, 5.74) is 2.83. The van der Waals surface area contributed by atoms with Crippen molar-refractivity contribution in [2.24, 2.45) is 0 Å². The first-order valence-electron chi connectivity index (χ1n) is 6.66. The molecular formula is C14H11N3O4S. The highest BCUT2D eigenvalue weighted by Crippen LogP contribution is 2.34. The van der Waals surface area contributed by atoms with Gasteiger partial charge in [-0.25, -0.2) is 4.79 Å². The van der Waals surface area contributed by atoms with Crippen molar-refractivity contribution in [2.75, 3.05) is 5.32 Å². The van der Waals surface area contributed by atoms with Crippen LogP contribution in [0.3, 0.4) is 0 Å². The lowest BCUT2D eigenvalue weighted by molar-refractivity contribution is -0.116. The SMILES string of the molecule is O=C(Cn1c(=O)oc2ccccc21)Nc1onc2c1CSC2. The Hall–Kier alpha value is -2.48. The molecule has 1 aromatic carbocycles. The molecule has 1 amide bonds. The normalized spacial score (nSPS) is 13.5. The number of thioether (sulfide) groups is 1. The second kappa shape index (κ2) is 5.06. The van der Waals surface area contributed by atoms with Crippen molar-refractivity contribution < 1.29 is 13.7 Å². The average molecular weight is 317 g/mol. The van der Waals surface area contributed by atoms with Gasteiger partial charge in [-0.3, -0.25) is 14.7 Å². The van der Waals surface area contributed by atoms with E-state index in [0.29, 0.717) is 17.0 Å². The monoisotopic (exact) mass is 317 g/mol. The van der Waals surface area contributed by atoms with Crippen LogP contribution >= 0.6 is 11.8 Å². The summed E-state index contributed by atoms with van der Waals surface area (Å²) in [6.07, 6.45) is 0. The molecule has 112 valence electrons. The Balaban J connectivity index is 1.58. The predicted octanol–water partition coefficient (Wildman–Crippen LogP) is 1.97. The van der Waals surface area contributed by atoms with Crippen molar-refractivity contribution in [3.63, 3.8) is 0 Å². The molecular weight excluding hydrogens is 306 g/mol. The highest BCUT2D eigenvalue weighted by molar-refractivity contribution is 7.98. The predicted molar refractivity (Wildman–Crippen MR) is 80.6 cm³/mol. The van der Waals surface area contributed by atoms with E-state index in [1.807, 2.05) is 0 Å². The van der Waals surface area contributed by atoms with Crippen molar-refractivity contribution in [2.45, 2.75) is 18.1 Å². The Morgan fingerprint density at radius 3 is 3.14 bits per heavy atom. The lowest BCUT2D eigenvalue weighted by Gasteiger charge is -2.03. The number of carbonyl (C=O) groups excluding carboxylic acids is 1. The number of nitrogens with zero attached hydrogens (tertiary/aromatic N) is 2. The van der Waals surface area contributed by atoms with Gasteiger partial charge in [0, 0.05) is 11.5 Å². The molecule has 7 nitrogen and oxygen atoms in total. The first kappa shape index (κ1) is 13.2. The van der Waals surface area contributed by atoms with E-state index >= 15 is 0 Å². The molecule has 0 spiro atoms. The molecule has 0 fully saturated rings. The standard InChI is InChI=1S/C14H11N3O4S/c18-12(15-13-8-6-22-7-9(8)16-21-13)5-17-10-3-1-2-4-11(10)20-14(17)19/h1-4H,5-7H2,(H,15,18). The van der Waals surface area contributed by atoms with Crippen LogP contribution in [0.4, 0.5) is 5.88 Å². The number of fused-ring (bicyclic) bond motifs is 2. The third-order valence-electron chi connectivity index (χ3n) is 3.48. The third kappa shape index (κ3) is 2.12. The Kier molecular flexibility index (Phi) is 3.04. The Bertz CT molecular complexity index is 924. The molecule has 0 atom stereocenters. The molecule has 2 aromatic heterocycles. The third-order valence-corrected chi connectivity index (χ3v) is 4.45. The summed E-state index contributed by atoms with van der Waals surface area (Å²) in [4.78, 5) is 24.0. The number of hydrogen-bond acceptors (Lipinski definition) is 6. The first-order valence-corrected chi connectivity index (χ1v) is 7.81. The maximum atomic E-state index is 12.2. The van der Waals surface area contributed by atoms with Crippen LogP contribution in [-0.2, 0) is 22.8 Å². The number of rotatable bonds is 3. The molecule has 4 rings (SSSR count). The first-order chi connectivity index (χ1) is 10.7. The molecule has 22 heavy (non-hydrogen) atoms. The second-order valence-electron chi connectivity index (χ2n) is 4.90. The maximum Gasteiger partial charge on any atom is 0.420 e. The van der Waals surface area contributed by atoms with Crippen LogP contribution in [0.25, 0.3) is 11.1 Å². The Labute approximate surface area is 128 Å². The van der Waals surface area contributed by atoms with E-state index in [1.54, 1.807) is 36.0 Å². The maximum absolute atomic E-state index is 12.2. The van der Waals surface area contributed by atoms with Gasteiger partial charge in [-0.15, -0.1) is 0 Å². The van der Waals surface area contributed by atoms with Crippen LogP contribution < -0.4 is 11.1 Å². The summed E-state index contributed by atoms with van der Waals surface area (Å²) >= 11 is 1.72. The zero-order valence-corrected chi connectivity index (χ0v) is 12.2. The summed E-state index contributed by atoms with van der Waals surface area (Å²) < 4.78 is 11.5. The summed E-state index contributed by atoms with van der Waals surface area (Å²) in [5, 5.41) is 6.59. The molecule has 0 bridgehead atoms. The molecule has 8 heteroatoms. The molecule has 1 aliphatic heterocycles. The number of hydrogen-bond donors (Lipinski definition) is 1. The fourth-order valence-corrected chi connectivity index (χ4v) is 3.45. The zero-order valence-electron chi connectivity index (χ0n) is 11.4. The molecule has 0 radical (unpaired) electrons. The quantitative estimate of drug-likeness (QED) is 0.794. The Morgan fingerprint density at radius 1 is 1.36 bits per heavy atom. The highest BCUT2D eigenvalue weighted by Gasteiger charge is 2.23. The lowest BCUT2D eigenvalue weighted by Crippen LogP contribution is -2.24. The van der Waals surface area contributed by atoms with E-state index in [4.69, 9.17) is 8.94 Å². The van der Waals surface area contributed by atoms with Crippen LogP contribution in [0.15, 0.2) is 38.0 Å². The smallest absolute Gasteiger partial charge is 0.408 e. The summed E-state index contributed by atoms with van der Waals surface area (Å²) in [6, 6.07) is 6.97. The van der Waals surface area contributed by atoms with Crippen molar-refractivity contribution in [3.8, 4) is 0 Å². The topological polar surface area (TPSA) is 90.3 Å². The van der Waals surface area contributed by atoms with Gasteiger partial charge in [-0.05, 0) is 12.1 Å². The van der Waals surface area contributed by atoms with E-state index in [-0.39, 0.29) is 12.5 Å². The number of amides is 1. The minimum absolute atomic E-state index is 0.140. The number of nitrogens with one attached hydrogen (secondary N) is 1. The summed E-state index contributed by atoms with van der Waals surface area (Å²) in [7, 11) is 0. The zero-order chi connectivity index (χ0) is 15.1. The molecule has 0 aliphatic carbocycles. The van der Waals surface area contributed by atoms with E-state index < -0.39 is 5.76 Å². The number of benzene rings is 1. The van der Waals surface area contributed by atoms with Gasteiger partial charge in [0.1, 0.15) is 6.54 Å². The van der Waals surface area contributed by atoms with Crippen molar-refractivity contribution >= 4 is 34.7 Å². The van der Waals surface area contributed by atoms with E-state index in [0.717, 1.165) is 22.8 Å². The Morgan fingerprint density at radius 2 is 2.23 bits per heavy atom. The molecule has 0 unspecified atom stereocenters. The minimum atomic E-state index is -0.560. The molecule has 1 aliphatic rings. The number of aromatic nitrogens is 2. The van der Waals surface area contributed by atoms with Crippen LogP contribution in [0, 0.1) is 0 Å². The van der Waals surface area contributed by atoms with Gasteiger partial charge in [-0.1, -0.05) is 17.3 Å².